The number of hydrogen-bond donors (Lipinski definition) is 0. The first-order valence-corrected chi connectivity index (χ1v) is 8.16. The maximum absolute atomic E-state index is 12.6. The molecule has 1 aliphatic heterocycles. The fourth-order valence-electron chi connectivity index (χ4n) is 3.45. The Morgan fingerprint density at radius 2 is 2.10 bits per heavy atom. The van der Waals surface area contributed by atoms with Gasteiger partial charge in [-0.15, -0.1) is 5.10 Å². The van der Waals surface area contributed by atoms with E-state index in [1.807, 2.05) is 4.90 Å². The number of aromatic nitrogens is 2. The average Bonchev–Trinajstić information content (AvgIpc) is 3.01. The van der Waals surface area contributed by atoms with Gasteiger partial charge in [0.05, 0.1) is 6.20 Å². The number of piperidine rings is 1. The third-order valence-corrected chi connectivity index (χ3v) is 5.10. The van der Waals surface area contributed by atoms with Gasteiger partial charge in [-0.3, -0.25) is 9.59 Å². The zero-order chi connectivity index (χ0) is 13.9. The fraction of sp³-hybridized carbons (Fsp3) is 0.714. The molecule has 2 unspecified atom stereocenters. The molecule has 0 aromatic carbocycles. The lowest BCUT2D eigenvalue weighted by atomic mass is 9.79. The number of ketones is 1. The average molecular weight is 293 g/mol. The van der Waals surface area contributed by atoms with Gasteiger partial charge in [0.1, 0.15) is 10.7 Å². The minimum Gasteiger partial charge on any atom is -0.334 e. The van der Waals surface area contributed by atoms with E-state index >= 15 is 0 Å². The predicted molar refractivity (Wildman–Crippen MR) is 75.5 cm³/mol. The molecule has 20 heavy (non-hydrogen) atoms. The lowest BCUT2D eigenvalue weighted by Gasteiger charge is -2.40. The van der Waals surface area contributed by atoms with Crippen molar-refractivity contribution in [3.63, 3.8) is 0 Å². The summed E-state index contributed by atoms with van der Waals surface area (Å²) in [7, 11) is 0. The number of rotatable bonds is 2. The van der Waals surface area contributed by atoms with Gasteiger partial charge in [0, 0.05) is 24.9 Å². The van der Waals surface area contributed by atoms with Gasteiger partial charge in [-0.1, -0.05) is 10.9 Å². The van der Waals surface area contributed by atoms with Crippen LogP contribution in [0.1, 0.15) is 54.6 Å². The van der Waals surface area contributed by atoms with Crippen LogP contribution in [-0.4, -0.2) is 38.8 Å². The standard InChI is InChI=1S/C14H19N3O2S/c18-12-7-2-1-5-10(12)11-6-3-4-8-17(11)14(19)13-9-15-16-20-13/h9-11H,1-8H2. The van der Waals surface area contributed by atoms with Gasteiger partial charge in [-0.25, -0.2) is 0 Å². The second kappa shape index (κ2) is 5.99. The molecule has 2 aliphatic rings. The van der Waals surface area contributed by atoms with E-state index in [4.69, 9.17) is 0 Å². The molecule has 1 saturated heterocycles. The number of hydrogen-bond acceptors (Lipinski definition) is 5. The van der Waals surface area contributed by atoms with Crippen molar-refractivity contribution in [2.45, 2.75) is 51.0 Å². The van der Waals surface area contributed by atoms with Crippen molar-refractivity contribution in [2.75, 3.05) is 6.54 Å². The van der Waals surface area contributed by atoms with Crippen LogP contribution in [0.3, 0.4) is 0 Å². The number of likely N-dealkylation sites (tertiary alicyclic amines) is 1. The van der Waals surface area contributed by atoms with Crippen LogP contribution < -0.4 is 0 Å². The highest BCUT2D eigenvalue weighted by Crippen LogP contribution is 2.32. The molecule has 2 heterocycles. The van der Waals surface area contributed by atoms with E-state index in [0.717, 1.165) is 56.6 Å². The third kappa shape index (κ3) is 2.61. The van der Waals surface area contributed by atoms with Crippen LogP contribution >= 0.6 is 11.5 Å². The Labute approximate surface area is 122 Å². The van der Waals surface area contributed by atoms with E-state index in [1.165, 1.54) is 6.20 Å². The van der Waals surface area contributed by atoms with Crippen LogP contribution in [0.5, 0.6) is 0 Å². The first-order valence-electron chi connectivity index (χ1n) is 7.38. The Hall–Kier alpha value is -1.30. The molecule has 3 rings (SSSR count). The lowest BCUT2D eigenvalue weighted by Crippen LogP contribution is -2.50. The molecule has 0 bridgehead atoms. The lowest BCUT2D eigenvalue weighted by molar-refractivity contribution is -0.127. The van der Waals surface area contributed by atoms with Crippen molar-refractivity contribution >= 4 is 23.2 Å². The van der Waals surface area contributed by atoms with E-state index in [9.17, 15) is 9.59 Å². The van der Waals surface area contributed by atoms with Crippen molar-refractivity contribution in [2.24, 2.45) is 5.92 Å². The van der Waals surface area contributed by atoms with Gasteiger partial charge < -0.3 is 4.90 Å². The molecule has 5 nitrogen and oxygen atoms in total. The van der Waals surface area contributed by atoms with Crippen molar-refractivity contribution in [1.29, 1.82) is 0 Å². The summed E-state index contributed by atoms with van der Waals surface area (Å²) >= 11 is 1.14. The summed E-state index contributed by atoms with van der Waals surface area (Å²) in [6.07, 6.45) is 8.36. The van der Waals surface area contributed by atoms with Crippen molar-refractivity contribution in [1.82, 2.24) is 14.5 Å². The first-order chi connectivity index (χ1) is 9.77. The van der Waals surface area contributed by atoms with Crippen LogP contribution in [0.25, 0.3) is 0 Å². The van der Waals surface area contributed by atoms with Crippen LogP contribution in [0.4, 0.5) is 0 Å². The normalized spacial score (nSPS) is 27.6. The van der Waals surface area contributed by atoms with Crippen LogP contribution in [0.15, 0.2) is 6.20 Å². The van der Waals surface area contributed by atoms with Gasteiger partial charge in [-0.2, -0.15) is 0 Å². The second-order valence-corrected chi connectivity index (χ2v) is 6.45. The predicted octanol–water partition coefficient (Wildman–Crippen LogP) is 2.29. The fourth-order valence-corrected chi connectivity index (χ4v) is 3.92. The van der Waals surface area contributed by atoms with Crippen molar-refractivity contribution in [3.8, 4) is 0 Å². The zero-order valence-electron chi connectivity index (χ0n) is 11.5. The number of carbonyl (C=O) groups is 2. The molecular weight excluding hydrogens is 274 g/mol. The molecule has 1 aliphatic carbocycles. The maximum atomic E-state index is 12.6. The molecule has 0 spiro atoms. The molecule has 0 radical (unpaired) electrons. The topological polar surface area (TPSA) is 63.2 Å². The van der Waals surface area contributed by atoms with Gasteiger partial charge in [0.15, 0.2) is 0 Å². The molecule has 1 aromatic heterocycles. The Morgan fingerprint density at radius 3 is 2.85 bits per heavy atom. The zero-order valence-corrected chi connectivity index (χ0v) is 12.3. The van der Waals surface area contributed by atoms with Crippen molar-refractivity contribution in [3.05, 3.63) is 11.1 Å². The molecular formula is C14H19N3O2S. The highest BCUT2D eigenvalue weighted by Gasteiger charge is 2.38. The minimum absolute atomic E-state index is 0.00285. The molecule has 0 N–H and O–H groups in total. The summed E-state index contributed by atoms with van der Waals surface area (Å²) in [5.41, 5.74) is 0. The second-order valence-electron chi connectivity index (χ2n) is 5.66. The Kier molecular flexibility index (Phi) is 4.10. The largest absolute Gasteiger partial charge is 0.334 e. The summed E-state index contributed by atoms with van der Waals surface area (Å²) in [6.45, 7) is 0.755. The summed E-state index contributed by atoms with van der Waals surface area (Å²) in [6, 6.07) is 0.0890. The van der Waals surface area contributed by atoms with E-state index in [2.05, 4.69) is 9.59 Å². The summed E-state index contributed by atoms with van der Waals surface area (Å²) in [5, 5.41) is 3.74. The first kappa shape index (κ1) is 13.7. The Morgan fingerprint density at radius 1 is 1.25 bits per heavy atom. The summed E-state index contributed by atoms with van der Waals surface area (Å²) in [5.74, 6) is 0.403. The minimum atomic E-state index is 0.00285. The SMILES string of the molecule is O=C1CCCCC1C1CCCCN1C(=O)c1cnns1. The maximum Gasteiger partial charge on any atom is 0.267 e. The van der Waals surface area contributed by atoms with E-state index < -0.39 is 0 Å². The monoisotopic (exact) mass is 293 g/mol. The van der Waals surface area contributed by atoms with Crippen molar-refractivity contribution < 1.29 is 9.59 Å². The quantitative estimate of drug-likeness (QED) is 0.839. The van der Waals surface area contributed by atoms with E-state index in [0.29, 0.717) is 17.1 Å². The smallest absolute Gasteiger partial charge is 0.267 e. The van der Waals surface area contributed by atoms with E-state index in [-0.39, 0.29) is 17.9 Å². The highest BCUT2D eigenvalue weighted by atomic mass is 32.1. The van der Waals surface area contributed by atoms with Crippen LogP contribution in [0.2, 0.25) is 0 Å². The number of amides is 1. The number of Topliss-reactive ketones (excluding diaryl/α,β-unsaturated/α-hetero) is 1. The number of carbonyl (C=O) groups excluding carboxylic acids is 2. The molecule has 6 heteroatoms. The number of nitrogens with zero attached hydrogens (tertiary/aromatic N) is 3. The molecule has 1 aromatic rings. The Bertz CT molecular complexity index is 489. The van der Waals surface area contributed by atoms with Crippen LogP contribution in [0, 0.1) is 5.92 Å². The molecule has 1 saturated carbocycles. The van der Waals surface area contributed by atoms with E-state index in [1.54, 1.807) is 0 Å². The third-order valence-electron chi connectivity index (χ3n) is 4.45. The molecule has 108 valence electrons. The van der Waals surface area contributed by atoms with Gasteiger partial charge in [0.2, 0.25) is 0 Å². The molecule has 2 fully saturated rings. The van der Waals surface area contributed by atoms with Gasteiger partial charge >= 0.3 is 0 Å². The molecule has 1 amide bonds. The van der Waals surface area contributed by atoms with Crippen LogP contribution in [-0.2, 0) is 4.79 Å². The highest BCUT2D eigenvalue weighted by molar-refractivity contribution is 7.07. The summed E-state index contributed by atoms with van der Waals surface area (Å²) in [4.78, 5) is 27.2. The summed E-state index contributed by atoms with van der Waals surface area (Å²) < 4.78 is 3.77. The van der Waals surface area contributed by atoms with Gasteiger partial charge in [-0.05, 0) is 43.6 Å². The van der Waals surface area contributed by atoms with Gasteiger partial charge in [0.25, 0.3) is 5.91 Å². The Balaban J connectivity index is 1.80. The molecule has 2 atom stereocenters.